The predicted octanol–water partition coefficient (Wildman–Crippen LogP) is 3.75. The Hall–Kier alpha value is -3.51. The van der Waals surface area contributed by atoms with Crippen LogP contribution in [0.15, 0.2) is 73.1 Å². The molecular weight excluding hydrogens is 378 g/mol. The third kappa shape index (κ3) is 2.72. The second-order valence-corrected chi connectivity index (χ2v) is 7.69. The lowest BCUT2D eigenvalue weighted by atomic mass is 9.91. The standard InChI is InChI=1S/C24H21N3O3/c1-15-7-6-8-16(2)20(15)26-23(28)19-21(17-11-13-25-14-12-17)27(30-22(19)24(26)29)18-9-4-3-5-10-18/h3-14,19,21-22H,1-2H3/t19-,21-,22-/m1/s1. The third-order valence-electron chi connectivity index (χ3n) is 5.84. The van der Waals surface area contributed by atoms with Crippen molar-refractivity contribution in [1.29, 1.82) is 0 Å². The Labute approximate surface area is 174 Å². The highest BCUT2D eigenvalue weighted by atomic mass is 16.7. The van der Waals surface area contributed by atoms with E-state index < -0.39 is 18.1 Å². The minimum atomic E-state index is -0.866. The van der Waals surface area contributed by atoms with Crippen LogP contribution >= 0.6 is 0 Å². The number of hydrogen-bond donors (Lipinski definition) is 0. The van der Waals surface area contributed by atoms with Crippen LogP contribution in [0.1, 0.15) is 22.7 Å². The lowest BCUT2D eigenvalue weighted by Gasteiger charge is -2.29. The van der Waals surface area contributed by atoms with Crippen LogP contribution in [0.25, 0.3) is 0 Å². The summed E-state index contributed by atoms with van der Waals surface area (Å²) in [5.74, 6) is -1.19. The number of aromatic nitrogens is 1. The molecule has 3 atom stereocenters. The van der Waals surface area contributed by atoms with Crippen LogP contribution in [-0.4, -0.2) is 22.9 Å². The van der Waals surface area contributed by atoms with Crippen LogP contribution in [0, 0.1) is 19.8 Å². The van der Waals surface area contributed by atoms with Crippen molar-refractivity contribution in [3.05, 3.63) is 89.7 Å². The van der Waals surface area contributed by atoms with Crippen molar-refractivity contribution in [2.24, 2.45) is 5.92 Å². The highest BCUT2D eigenvalue weighted by molar-refractivity contribution is 6.24. The maximum Gasteiger partial charge on any atom is 0.266 e. The van der Waals surface area contributed by atoms with Gasteiger partial charge in [-0.3, -0.25) is 19.4 Å². The number of pyridine rings is 1. The minimum absolute atomic E-state index is 0.234. The van der Waals surface area contributed by atoms with Crippen LogP contribution in [-0.2, 0) is 14.4 Å². The smallest absolute Gasteiger partial charge is 0.266 e. The maximum absolute atomic E-state index is 13.6. The van der Waals surface area contributed by atoms with Gasteiger partial charge in [-0.1, -0.05) is 36.4 Å². The van der Waals surface area contributed by atoms with E-state index in [-0.39, 0.29) is 11.8 Å². The summed E-state index contributed by atoms with van der Waals surface area (Å²) < 4.78 is 0. The number of anilines is 2. The van der Waals surface area contributed by atoms with Crippen molar-refractivity contribution >= 4 is 23.2 Å². The van der Waals surface area contributed by atoms with Crippen molar-refractivity contribution in [2.75, 3.05) is 9.96 Å². The molecule has 2 saturated heterocycles. The molecule has 2 fully saturated rings. The first-order valence-electron chi connectivity index (χ1n) is 9.93. The summed E-state index contributed by atoms with van der Waals surface area (Å²) in [6, 6.07) is 18.6. The van der Waals surface area contributed by atoms with E-state index in [1.165, 1.54) is 4.90 Å². The lowest BCUT2D eigenvalue weighted by molar-refractivity contribution is -0.126. The SMILES string of the molecule is Cc1cccc(C)c1N1C(=O)[C@@H]2[C@@H](c3ccncc3)N(c3ccccc3)O[C@H]2C1=O. The van der Waals surface area contributed by atoms with Gasteiger partial charge in [-0.05, 0) is 54.8 Å². The monoisotopic (exact) mass is 399 g/mol. The molecule has 3 aromatic rings. The summed E-state index contributed by atoms with van der Waals surface area (Å²) in [4.78, 5) is 38.6. The molecule has 6 heteroatoms. The highest BCUT2D eigenvalue weighted by Gasteiger charge is 2.60. The topological polar surface area (TPSA) is 62.7 Å². The molecule has 2 aromatic carbocycles. The van der Waals surface area contributed by atoms with Gasteiger partial charge >= 0.3 is 0 Å². The van der Waals surface area contributed by atoms with E-state index >= 15 is 0 Å². The fourth-order valence-corrected chi connectivity index (χ4v) is 4.49. The number of aryl methyl sites for hydroxylation is 2. The molecule has 2 amide bonds. The van der Waals surface area contributed by atoms with E-state index in [1.54, 1.807) is 17.5 Å². The van der Waals surface area contributed by atoms with Crippen LogP contribution in [0.2, 0.25) is 0 Å². The summed E-state index contributed by atoms with van der Waals surface area (Å²) in [5.41, 5.74) is 4.11. The van der Waals surface area contributed by atoms with Crippen LogP contribution < -0.4 is 9.96 Å². The summed E-state index contributed by atoms with van der Waals surface area (Å²) in [7, 11) is 0. The Bertz CT molecular complexity index is 1100. The molecule has 0 radical (unpaired) electrons. The number of nitrogens with zero attached hydrogens (tertiary/aromatic N) is 3. The van der Waals surface area contributed by atoms with Crippen molar-refractivity contribution < 1.29 is 14.4 Å². The van der Waals surface area contributed by atoms with E-state index in [4.69, 9.17) is 4.84 Å². The molecule has 1 aromatic heterocycles. The Kier molecular flexibility index (Phi) is 4.37. The Morgan fingerprint density at radius 1 is 0.833 bits per heavy atom. The van der Waals surface area contributed by atoms with Gasteiger partial charge in [0.25, 0.3) is 5.91 Å². The van der Waals surface area contributed by atoms with Crippen LogP contribution in [0.5, 0.6) is 0 Å². The van der Waals surface area contributed by atoms with Gasteiger partial charge in [0.2, 0.25) is 5.91 Å². The van der Waals surface area contributed by atoms with Gasteiger partial charge in [0.05, 0.1) is 17.4 Å². The molecule has 0 bridgehead atoms. The molecule has 0 aliphatic carbocycles. The van der Waals surface area contributed by atoms with Crippen LogP contribution in [0.3, 0.4) is 0 Å². The number of fused-ring (bicyclic) bond motifs is 1. The van der Waals surface area contributed by atoms with Gasteiger partial charge in [-0.15, -0.1) is 0 Å². The third-order valence-corrected chi connectivity index (χ3v) is 5.84. The zero-order valence-corrected chi connectivity index (χ0v) is 16.7. The van der Waals surface area contributed by atoms with Gasteiger partial charge in [-0.25, -0.2) is 9.96 Å². The summed E-state index contributed by atoms with van der Waals surface area (Å²) in [6.45, 7) is 3.82. The van der Waals surface area contributed by atoms with Crippen molar-refractivity contribution in [3.63, 3.8) is 0 Å². The number of hydroxylamine groups is 1. The Morgan fingerprint density at radius 2 is 1.50 bits per heavy atom. The van der Waals surface area contributed by atoms with Gasteiger partial charge < -0.3 is 0 Å². The summed E-state index contributed by atoms with van der Waals surface area (Å²) in [5, 5.41) is 1.70. The molecule has 150 valence electrons. The predicted molar refractivity (Wildman–Crippen MR) is 113 cm³/mol. The molecular formula is C24H21N3O3. The summed E-state index contributed by atoms with van der Waals surface area (Å²) >= 11 is 0. The number of carbonyl (C=O) groups is 2. The number of rotatable bonds is 3. The summed E-state index contributed by atoms with van der Waals surface area (Å²) in [6.07, 6.45) is 2.52. The molecule has 0 N–H and O–H groups in total. The number of para-hydroxylation sites is 2. The fraction of sp³-hybridized carbons (Fsp3) is 0.208. The quantitative estimate of drug-likeness (QED) is 0.628. The second-order valence-electron chi connectivity index (χ2n) is 7.69. The molecule has 6 nitrogen and oxygen atoms in total. The van der Waals surface area contributed by atoms with Gasteiger partial charge in [0, 0.05) is 12.4 Å². The van der Waals surface area contributed by atoms with Crippen molar-refractivity contribution in [3.8, 4) is 0 Å². The van der Waals surface area contributed by atoms with E-state index in [0.717, 1.165) is 22.4 Å². The van der Waals surface area contributed by atoms with E-state index in [9.17, 15) is 9.59 Å². The molecule has 30 heavy (non-hydrogen) atoms. The molecule has 2 aliphatic heterocycles. The molecule has 0 unspecified atom stereocenters. The van der Waals surface area contributed by atoms with Crippen LogP contribution in [0.4, 0.5) is 11.4 Å². The largest absolute Gasteiger partial charge is 0.273 e. The van der Waals surface area contributed by atoms with Gasteiger partial charge in [0.15, 0.2) is 6.10 Å². The highest BCUT2D eigenvalue weighted by Crippen LogP contribution is 2.48. The molecule has 3 heterocycles. The zero-order valence-electron chi connectivity index (χ0n) is 16.7. The lowest BCUT2D eigenvalue weighted by Crippen LogP contribution is -2.38. The Morgan fingerprint density at radius 3 is 2.17 bits per heavy atom. The maximum atomic E-state index is 13.6. The number of benzene rings is 2. The number of carbonyl (C=O) groups excluding carboxylic acids is 2. The minimum Gasteiger partial charge on any atom is -0.273 e. The first-order chi connectivity index (χ1) is 14.6. The first-order valence-corrected chi connectivity index (χ1v) is 9.93. The normalized spacial score (nSPS) is 23.2. The van der Waals surface area contributed by atoms with E-state index in [0.29, 0.717) is 5.69 Å². The average Bonchev–Trinajstić information content (AvgIpc) is 3.27. The second kappa shape index (κ2) is 7.07. The van der Waals surface area contributed by atoms with E-state index in [2.05, 4.69) is 4.98 Å². The van der Waals surface area contributed by atoms with Gasteiger partial charge in [0.1, 0.15) is 5.92 Å². The molecule has 0 saturated carbocycles. The first kappa shape index (κ1) is 18.5. The number of amides is 2. The zero-order chi connectivity index (χ0) is 20.8. The molecule has 0 spiro atoms. The molecule has 5 rings (SSSR count). The Balaban J connectivity index is 1.61. The fourth-order valence-electron chi connectivity index (χ4n) is 4.49. The molecule has 2 aliphatic rings. The van der Waals surface area contributed by atoms with Gasteiger partial charge in [-0.2, -0.15) is 0 Å². The average molecular weight is 399 g/mol. The number of hydrogen-bond acceptors (Lipinski definition) is 5. The van der Waals surface area contributed by atoms with Crippen molar-refractivity contribution in [2.45, 2.75) is 26.0 Å². The van der Waals surface area contributed by atoms with Crippen molar-refractivity contribution in [1.82, 2.24) is 4.98 Å². The van der Waals surface area contributed by atoms with E-state index in [1.807, 2.05) is 74.5 Å². The number of imide groups is 1.